The molecule has 2 rings (SSSR count). The molecule has 5 heteroatoms. The molecular weight excluding hydrogens is 345 g/mol. The first-order chi connectivity index (χ1) is 9.60. The molecule has 0 radical (unpaired) electrons. The first-order valence-corrected chi connectivity index (χ1v) is 7.32. The normalized spacial score (nSPS) is 10.6. The zero-order valence-corrected chi connectivity index (χ0v) is 13.0. The van der Waals surface area contributed by atoms with Crippen LogP contribution >= 0.6 is 27.5 Å². The third-order valence-electron chi connectivity index (χ3n) is 2.84. The topological polar surface area (TPSA) is 35.2 Å². The minimum Gasteiger partial charge on any atom is -0.489 e. The van der Waals surface area contributed by atoms with E-state index in [1.54, 1.807) is 12.1 Å². The Morgan fingerprint density at radius 2 is 1.95 bits per heavy atom. The number of hydrogen-bond acceptors (Lipinski definition) is 2. The van der Waals surface area contributed by atoms with E-state index in [1.807, 2.05) is 18.2 Å². The van der Waals surface area contributed by atoms with Gasteiger partial charge in [-0.15, -0.1) is 0 Å². The highest BCUT2D eigenvalue weighted by Gasteiger charge is 2.06. The molecule has 0 amide bonds. The minimum absolute atomic E-state index is 0.159. The monoisotopic (exact) mass is 357 g/mol. The van der Waals surface area contributed by atoms with Gasteiger partial charge in [-0.25, -0.2) is 4.39 Å². The summed E-state index contributed by atoms with van der Waals surface area (Å²) >= 11 is 9.17. The van der Waals surface area contributed by atoms with Crippen LogP contribution in [0.4, 0.5) is 4.39 Å². The SMILES string of the molecule is NCCc1cc(OCc2ccc(Cl)cc2F)ccc1Br. The molecule has 0 aliphatic carbocycles. The van der Waals surface area contributed by atoms with Crippen LogP contribution < -0.4 is 10.5 Å². The molecule has 0 aromatic heterocycles. The summed E-state index contributed by atoms with van der Waals surface area (Å²) in [6, 6.07) is 10.2. The van der Waals surface area contributed by atoms with Crippen molar-refractivity contribution in [3.63, 3.8) is 0 Å². The molecule has 0 aliphatic heterocycles. The Hall–Kier alpha value is -1.10. The molecule has 2 N–H and O–H groups in total. The molecule has 0 atom stereocenters. The van der Waals surface area contributed by atoms with Crippen LogP contribution in [0.5, 0.6) is 5.75 Å². The summed E-state index contributed by atoms with van der Waals surface area (Å²) in [5, 5.41) is 0.375. The van der Waals surface area contributed by atoms with Crippen molar-refractivity contribution in [3.05, 3.63) is 62.8 Å². The van der Waals surface area contributed by atoms with Gasteiger partial charge in [0, 0.05) is 15.1 Å². The molecule has 0 saturated heterocycles. The summed E-state index contributed by atoms with van der Waals surface area (Å²) in [5.74, 6) is 0.322. The molecule has 0 unspecified atom stereocenters. The molecule has 2 aromatic rings. The van der Waals surface area contributed by atoms with Gasteiger partial charge in [0.2, 0.25) is 0 Å². The Labute approximate surface area is 130 Å². The molecule has 2 nitrogen and oxygen atoms in total. The van der Waals surface area contributed by atoms with Gasteiger partial charge in [-0.1, -0.05) is 33.6 Å². The number of nitrogens with two attached hydrogens (primary N) is 1. The van der Waals surface area contributed by atoms with Crippen LogP contribution in [0.15, 0.2) is 40.9 Å². The molecule has 2 aromatic carbocycles. The molecule has 106 valence electrons. The summed E-state index contributed by atoms with van der Waals surface area (Å²) in [7, 11) is 0. The molecule has 0 aliphatic rings. The third-order valence-corrected chi connectivity index (χ3v) is 3.85. The molecule has 0 fully saturated rings. The lowest BCUT2D eigenvalue weighted by Crippen LogP contribution is -2.04. The highest BCUT2D eigenvalue weighted by atomic mass is 79.9. The first kappa shape index (κ1) is 15.3. The lowest BCUT2D eigenvalue weighted by Gasteiger charge is -2.10. The number of ether oxygens (including phenoxy) is 1. The van der Waals surface area contributed by atoms with Crippen LogP contribution in [0.3, 0.4) is 0 Å². The van der Waals surface area contributed by atoms with Crippen LogP contribution in [0.25, 0.3) is 0 Å². The Morgan fingerprint density at radius 3 is 2.65 bits per heavy atom. The third kappa shape index (κ3) is 3.95. The van der Waals surface area contributed by atoms with Gasteiger partial charge < -0.3 is 10.5 Å². The van der Waals surface area contributed by atoms with E-state index in [2.05, 4.69) is 15.9 Å². The smallest absolute Gasteiger partial charge is 0.131 e. The van der Waals surface area contributed by atoms with Gasteiger partial charge in [-0.05, 0) is 48.9 Å². The lowest BCUT2D eigenvalue weighted by atomic mass is 10.1. The Balaban J connectivity index is 2.08. The molecule has 0 bridgehead atoms. The predicted octanol–water partition coefficient (Wildman–Crippen LogP) is 4.32. The fourth-order valence-electron chi connectivity index (χ4n) is 1.79. The van der Waals surface area contributed by atoms with E-state index in [1.165, 1.54) is 6.07 Å². The van der Waals surface area contributed by atoms with Crippen LogP contribution in [0.1, 0.15) is 11.1 Å². The second-order valence-electron chi connectivity index (χ2n) is 4.32. The van der Waals surface area contributed by atoms with E-state index < -0.39 is 0 Å². The second kappa shape index (κ2) is 7.07. The summed E-state index contributed by atoms with van der Waals surface area (Å²) in [4.78, 5) is 0. The minimum atomic E-state index is -0.364. The van der Waals surface area contributed by atoms with Crippen molar-refractivity contribution in [2.75, 3.05) is 6.54 Å². The van der Waals surface area contributed by atoms with E-state index in [9.17, 15) is 4.39 Å². The van der Waals surface area contributed by atoms with Crippen molar-refractivity contribution in [1.82, 2.24) is 0 Å². The van der Waals surface area contributed by atoms with E-state index >= 15 is 0 Å². The maximum Gasteiger partial charge on any atom is 0.131 e. The van der Waals surface area contributed by atoms with Gasteiger partial charge in [-0.3, -0.25) is 0 Å². The Morgan fingerprint density at radius 1 is 1.15 bits per heavy atom. The average molecular weight is 359 g/mol. The van der Waals surface area contributed by atoms with Crippen LogP contribution in [0.2, 0.25) is 5.02 Å². The molecule has 0 heterocycles. The van der Waals surface area contributed by atoms with Crippen molar-refractivity contribution in [2.45, 2.75) is 13.0 Å². The van der Waals surface area contributed by atoms with Gasteiger partial charge in [0.15, 0.2) is 0 Å². The summed E-state index contributed by atoms with van der Waals surface area (Å²) in [6.07, 6.45) is 0.757. The Bertz CT molecular complexity index is 606. The predicted molar refractivity (Wildman–Crippen MR) is 82.6 cm³/mol. The zero-order valence-electron chi connectivity index (χ0n) is 10.7. The maximum absolute atomic E-state index is 13.6. The Kier molecular flexibility index (Phi) is 5.40. The zero-order chi connectivity index (χ0) is 14.5. The number of rotatable bonds is 5. The van der Waals surface area contributed by atoms with E-state index in [4.69, 9.17) is 22.1 Å². The standard InChI is InChI=1S/C15H14BrClFNO/c16-14-4-3-13(7-10(14)5-6-19)20-9-11-1-2-12(17)8-15(11)18/h1-4,7-8H,5-6,9,19H2. The van der Waals surface area contributed by atoms with Crippen molar-refractivity contribution < 1.29 is 9.13 Å². The number of benzene rings is 2. The lowest BCUT2D eigenvalue weighted by molar-refractivity contribution is 0.299. The maximum atomic E-state index is 13.6. The van der Waals surface area contributed by atoms with E-state index in [-0.39, 0.29) is 12.4 Å². The molecule has 0 saturated carbocycles. The van der Waals surface area contributed by atoms with Crippen molar-refractivity contribution >= 4 is 27.5 Å². The van der Waals surface area contributed by atoms with Crippen molar-refractivity contribution in [2.24, 2.45) is 5.73 Å². The number of hydrogen-bond donors (Lipinski definition) is 1. The van der Waals surface area contributed by atoms with Crippen LogP contribution in [-0.4, -0.2) is 6.54 Å². The van der Waals surface area contributed by atoms with Gasteiger partial charge in [0.05, 0.1) is 0 Å². The van der Waals surface area contributed by atoms with Gasteiger partial charge in [0.25, 0.3) is 0 Å². The molecule has 20 heavy (non-hydrogen) atoms. The highest BCUT2D eigenvalue weighted by Crippen LogP contribution is 2.24. The summed E-state index contributed by atoms with van der Waals surface area (Å²) < 4.78 is 20.2. The number of halogens is 3. The molecular formula is C15H14BrClFNO. The quantitative estimate of drug-likeness (QED) is 0.864. The van der Waals surface area contributed by atoms with E-state index in [0.29, 0.717) is 22.9 Å². The van der Waals surface area contributed by atoms with Gasteiger partial charge in [0.1, 0.15) is 18.2 Å². The first-order valence-electron chi connectivity index (χ1n) is 6.15. The average Bonchev–Trinajstić information content (AvgIpc) is 2.41. The van der Waals surface area contributed by atoms with Crippen molar-refractivity contribution in [1.29, 1.82) is 0 Å². The summed E-state index contributed by atoms with van der Waals surface area (Å²) in [5.41, 5.74) is 7.10. The summed E-state index contributed by atoms with van der Waals surface area (Å²) in [6.45, 7) is 0.723. The fraction of sp³-hybridized carbons (Fsp3) is 0.200. The van der Waals surface area contributed by atoms with Crippen molar-refractivity contribution in [3.8, 4) is 5.75 Å². The van der Waals surface area contributed by atoms with Crippen LogP contribution in [0, 0.1) is 5.82 Å². The van der Waals surface area contributed by atoms with E-state index in [0.717, 1.165) is 16.5 Å². The van der Waals surface area contributed by atoms with Gasteiger partial charge >= 0.3 is 0 Å². The second-order valence-corrected chi connectivity index (χ2v) is 5.61. The van der Waals surface area contributed by atoms with Crippen LogP contribution in [-0.2, 0) is 13.0 Å². The molecule has 0 spiro atoms. The highest BCUT2D eigenvalue weighted by molar-refractivity contribution is 9.10. The van der Waals surface area contributed by atoms with Gasteiger partial charge in [-0.2, -0.15) is 0 Å². The fourth-order valence-corrected chi connectivity index (χ4v) is 2.39. The largest absolute Gasteiger partial charge is 0.489 e.